The fourth-order valence-corrected chi connectivity index (χ4v) is 2.73. The summed E-state index contributed by atoms with van der Waals surface area (Å²) < 4.78 is 13.6. The third kappa shape index (κ3) is 1.72. The molecule has 1 saturated heterocycles. The van der Waals surface area contributed by atoms with Crippen molar-refractivity contribution < 1.29 is 9.18 Å². The minimum atomic E-state index is -0.390. The van der Waals surface area contributed by atoms with Gasteiger partial charge in [-0.25, -0.2) is 4.39 Å². The van der Waals surface area contributed by atoms with Crippen LogP contribution in [0.1, 0.15) is 28.8 Å². The first kappa shape index (κ1) is 10.7. The average molecular weight is 234 g/mol. The van der Waals surface area contributed by atoms with Gasteiger partial charge in [-0.15, -0.1) is 0 Å². The highest BCUT2D eigenvalue weighted by Gasteiger charge is 2.34. The lowest BCUT2D eigenvalue weighted by Crippen LogP contribution is -2.46. The number of hydrogen-bond acceptors (Lipinski definition) is 2. The molecule has 0 aromatic heterocycles. The molecule has 1 aromatic rings. The van der Waals surface area contributed by atoms with Crippen molar-refractivity contribution in [1.82, 2.24) is 10.2 Å². The van der Waals surface area contributed by atoms with Crippen LogP contribution in [0.3, 0.4) is 0 Å². The summed E-state index contributed by atoms with van der Waals surface area (Å²) in [5, 5.41) is 3.29. The lowest BCUT2D eigenvalue weighted by Gasteiger charge is -2.31. The summed E-state index contributed by atoms with van der Waals surface area (Å²) in [5.74, 6) is -0.537. The second-order valence-corrected chi connectivity index (χ2v) is 4.71. The SMILES string of the molecule is O=C1c2c(F)cccc2CN1[C@@H]1CCCNC1. The Kier molecular flexibility index (Phi) is 2.59. The highest BCUT2D eigenvalue weighted by molar-refractivity contribution is 5.98. The highest BCUT2D eigenvalue weighted by atomic mass is 19.1. The van der Waals surface area contributed by atoms with Crippen molar-refractivity contribution >= 4 is 5.91 Å². The molecule has 17 heavy (non-hydrogen) atoms. The van der Waals surface area contributed by atoms with Crippen LogP contribution in [0.5, 0.6) is 0 Å². The minimum absolute atomic E-state index is 0.146. The van der Waals surface area contributed by atoms with E-state index < -0.39 is 5.82 Å². The number of fused-ring (bicyclic) bond motifs is 1. The number of carbonyl (C=O) groups excluding carboxylic acids is 1. The summed E-state index contributed by atoms with van der Waals surface area (Å²) in [6.07, 6.45) is 2.08. The van der Waals surface area contributed by atoms with E-state index in [4.69, 9.17) is 0 Å². The zero-order valence-electron chi connectivity index (χ0n) is 9.58. The van der Waals surface area contributed by atoms with Gasteiger partial charge < -0.3 is 10.2 Å². The summed E-state index contributed by atoms with van der Waals surface area (Å²) in [5.41, 5.74) is 1.10. The van der Waals surface area contributed by atoms with E-state index in [1.54, 1.807) is 11.0 Å². The van der Waals surface area contributed by atoms with Crippen LogP contribution in [0.25, 0.3) is 0 Å². The number of rotatable bonds is 1. The molecule has 0 aliphatic carbocycles. The molecule has 0 spiro atoms. The molecule has 3 nitrogen and oxygen atoms in total. The molecular formula is C13H15FN2O. The van der Waals surface area contributed by atoms with Crippen LogP contribution in [0.15, 0.2) is 18.2 Å². The van der Waals surface area contributed by atoms with Gasteiger partial charge in [0.2, 0.25) is 0 Å². The molecule has 1 atom stereocenters. The van der Waals surface area contributed by atoms with E-state index in [0.29, 0.717) is 6.54 Å². The Morgan fingerprint density at radius 2 is 2.29 bits per heavy atom. The Labute approximate surface area is 99.6 Å². The topological polar surface area (TPSA) is 32.3 Å². The lowest BCUT2D eigenvalue weighted by atomic mass is 10.1. The smallest absolute Gasteiger partial charge is 0.257 e. The molecule has 1 fully saturated rings. The van der Waals surface area contributed by atoms with E-state index in [1.165, 1.54) is 6.07 Å². The van der Waals surface area contributed by atoms with Crippen LogP contribution in [0, 0.1) is 5.82 Å². The third-order valence-electron chi connectivity index (χ3n) is 3.63. The molecule has 1 aromatic carbocycles. The van der Waals surface area contributed by atoms with Crippen molar-refractivity contribution in [3.63, 3.8) is 0 Å². The van der Waals surface area contributed by atoms with Crippen LogP contribution in [-0.2, 0) is 6.54 Å². The van der Waals surface area contributed by atoms with E-state index in [1.807, 2.05) is 6.07 Å². The number of piperidine rings is 1. The van der Waals surface area contributed by atoms with Crippen molar-refractivity contribution in [2.75, 3.05) is 13.1 Å². The molecular weight excluding hydrogens is 219 g/mol. The van der Waals surface area contributed by atoms with Gasteiger partial charge in [0.15, 0.2) is 0 Å². The number of benzene rings is 1. The Hall–Kier alpha value is -1.42. The van der Waals surface area contributed by atoms with E-state index in [9.17, 15) is 9.18 Å². The van der Waals surface area contributed by atoms with Crippen molar-refractivity contribution in [2.24, 2.45) is 0 Å². The molecule has 2 aliphatic heterocycles. The van der Waals surface area contributed by atoms with Crippen LogP contribution >= 0.6 is 0 Å². The molecule has 1 amide bonds. The molecule has 0 bridgehead atoms. The summed E-state index contributed by atoms with van der Waals surface area (Å²) in [6, 6.07) is 5.08. The quantitative estimate of drug-likeness (QED) is 0.799. The minimum Gasteiger partial charge on any atom is -0.330 e. The van der Waals surface area contributed by atoms with Gasteiger partial charge in [-0.3, -0.25) is 4.79 Å². The lowest BCUT2D eigenvalue weighted by molar-refractivity contribution is 0.0671. The largest absolute Gasteiger partial charge is 0.330 e. The van der Waals surface area contributed by atoms with Gasteiger partial charge in [-0.2, -0.15) is 0 Å². The predicted molar refractivity (Wildman–Crippen MR) is 62.2 cm³/mol. The third-order valence-corrected chi connectivity index (χ3v) is 3.63. The summed E-state index contributed by atoms with van der Waals surface area (Å²) in [7, 11) is 0. The van der Waals surface area contributed by atoms with Crippen LogP contribution < -0.4 is 5.32 Å². The maximum absolute atomic E-state index is 13.6. The summed E-state index contributed by atoms with van der Waals surface area (Å²) in [4.78, 5) is 14.0. The van der Waals surface area contributed by atoms with Gasteiger partial charge in [0.25, 0.3) is 5.91 Å². The molecule has 4 heteroatoms. The van der Waals surface area contributed by atoms with Crippen LogP contribution in [0.2, 0.25) is 0 Å². The Balaban J connectivity index is 1.88. The van der Waals surface area contributed by atoms with E-state index in [-0.39, 0.29) is 17.5 Å². The normalized spacial score (nSPS) is 23.9. The molecule has 1 N–H and O–H groups in total. The molecule has 90 valence electrons. The van der Waals surface area contributed by atoms with E-state index in [2.05, 4.69) is 5.32 Å². The first-order chi connectivity index (χ1) is 8.27. The number of amides is 1. The summed E-state index contributed by atoms with van der Waals surface area (Å²) >= 11 is 0. The van der Waals surface area contributed by atoms with Gasteiger partial charge in [-0.05, 0) is 31.0 Å². The average Bonchev–Trinajstić information content (AvgIpc) is 2.69. The molecule has 0 saturated carbocycles. The number of carbonyl (C=O) groups is 1. The predicted octanol–water partition coefficient (Wildman–Crippen LogP) is 1.53. The van der Waals surface area contributed by atoms with Gasteiger partial charge in [-0.1, -0.05) is 12.1 Å². The van der Waals surface area contributed by atoms with Gasteiger partial charge in [0.1, 0.15) is 5.82 Å². The first-order valence-electron chi connectivity index (χ1n) is 6.06. The summed E-state index contributed by atoms with van der Waals surface area (Å²) in [6.45, 7) is 2.39. The molecule has 2 aliphatic rings. The van der Waals surface area contributed by atoms with Crippen molar-refractivity contribution in [1.29, 1.82) is 0 Å². The van der Waals surface area contributed by atoms with Gasteiger partial charge in [0.05, 0.1) is 5.56 Å². The zero-order chi connectivity index (χ0) is 11.8. The Morgan fingerprint density at radius 1 is 1.41 bits per heavy atom. The number of nitrogens with zero attached hydrogens (tertiary/aromatic N) is 1. The molecule has 0 radical (unpaired) electrons. The van der Waals surface area contributed by atoms with Crippen LogP contribution in [0.4, 0.5) is 4.39 Å². The second kappa shape index (κ2) is 4.11. The Morgan fingerprint density at radius 3 is 3.00 bits per heavy atom. The van der Waals surface area contributed by atoms with Gasteiger partial charge >= 0.3 is 0 Å². The highest BCUT2D eigenvalue weighted by Crippen LogP contribution is 2.28. The number of hydrogen-bond donors (Lipinski definition) is 1. The first-order valence-corrected chi connectivity index (χ1v) is 6.06. The van der Waals surface area contributed by atoms with Gasteiger partial charge in [0, 0.05) is 19.1 Å². The maximum atomic E-state index is 13.6. The number of nitrogens with one attached hydrogen (secondary N) is 1. The molecule has 2 heterocycles. The second-order valence-electron chi connectivity index (χ2n) is 4.71. The van der Waals surface area contributed by atoms with Crippen LogP contribution in [-0.4, -0.2) is 29.9 Å². The fourth-order valence-electron chi connectivity index (χ4n) is 2.73. The Bertz CT molecular complexity index is 455. The van der Waals surface area contributed by atoms with Crippen molar-refractivity contribution in [3.05, 3.63) is 35.1 Å². The standard InChI is InChI=1S/C13H15FN2O/c14-11-5-1-3-9-8-16(13(17)12(9)11)10-4-2-6-15-7-10/h1,3,5,10,15H,2,4,6-8H2/t10-/m1/s1. The van der Waals surface area contributed by atoms with E-state index >= 15 is 0 Å². The zero-order valence-corrected chi connectivity index (χ0v) is 9.58. The molecule has 0 unspecified atom stereocenters. The maximum Gasteiger partial charge on any atom is 0.257 e. The van der Waals surface area contributed by atoms with Crippen molar-refractivity contribution in [3.8, 4) is 0 Å². The number of halogens is 1. The van der Waals surface area contributed by atoms with Crippen molar-refractivity contribution in [2.45, 2.75) is 25.4 Å². The monoisotopic (exact) mass is 234 g/mol. The van der Waals surface area contributed by atoms with E-state index in [0.717, 1.165) is 31.5 Å². The molecule has 3 rings (SSSR count). The fraction of sp³-hybridized carbons (Fsp3) is 0.462.